The minimum absolute atomic E-state index is 0.502. The lowest BCUT2D eigenvalue weighted by Crippen LogP contribution is -2.20. The molecule has 0 radical (unpaired) electrons. The largest absolute Gasteiger partial charge is 0.493 e. The number of methoxy groups -OCH3 is 1. The Bertz CT molecular complexity index is 927. The maximum atomic E-state index is 11.8. The highest BCUT2D eigenvalue weighted by molar-refractivity contribution is 5.86. The first-order valence-corrected chi connectivity index (χ1v) is 8.26. The van der Waals surface area contributed by atoms with Crippen LogP contribution in [0.3, 0.4) is 0 Å². The second-order valence-electron chi connectivity index (χ2n) is 5.70. The summed E-state index contributed by atoms with van der Waals surface area (Å²) in [4.78, 5) is 15.9. The molecule has 134 valence electrons. The molecular formula is C20H20N2O4. The number of carboxylic acids is 1. The van der Waals surface area contributed by atoms with Crippen molar-refractivity contribution in [3.8, 4) is 11.5 Å². The summed E-state index contributed by atoms with van der Waals surface area (Å²) >= 11 is 0. The molecule has 0 saturated heterocycles. The standard InChI is InChI=1S/C20H20N2O4/c1-3-26-17-7-5-14(11-18(17)25-2)19(20(23)24)22-16-6-4-15-12-21-9-8-13(15)10-16/h4-12,19,22H,3H2,1-2H3,(H,23,24)/t19-/m1/s1. The van der Waals surface area contributed by atoms with Gasteiger partial charge in [0.25, 0.3) is 0 Å². The summed E-state index contributed by atoms with van der Waals surface area (Å²) in [5, 5.41) is 14.7. The van der Waals surface area contributed by atoms with E-state index in [9.17, 15) is 9.90 Å². The summed E-state index contributed by atoms with van der Waals surface area (Å²) in [5.41, 5.74) is 1.29. The van der Waals surface area contributed by atoms with Crippen LogP contribution < -0.4 is 14.8 Å². The van der Waals surface area contributed by atoms with Gasteiger partial charge in [-0.3, -0.25) is 4.98 Å². The number of hydrogen-bond acceptors (Lipinski definition) is 5. The van der Waals surface area contributed by atoms with Gasteiger partial charge < -0.3 is 19.9 Å². The van der Waals surface area contributed by atoms with Crippen LogP contribution in [0.1, 0.15) is 18.5 Å². The van der Waals surface area contributed by atoms with Crippen molar-refractivity contribution in [3.05, 3.63) is 60.4 Å². The summed E-state index contributed by atoms with van der Waals surface area (Å²) in [6, 6.07) is 11.7. The number of nitrogens with one attached hydrogen (secondary N) is 1. The second-order valence-corrected chi connectivity index (χ2v) is 5.70. The molecule has 1 atom stereocenters. The van der Waals surface area contributed by atoms with Crippen molar-refractivity contribution in [2.24, 2.45) is 0 Å². The van der Waals surface area contributed by atoms with E-state index in [1.54, 1.807) is 30.6 Å². The number of aromatic nitrogens is 1. The highest BCUT2D eigenvalue weighted by Gasteiger charge is 2.21. The van der Waals surface area contributed by atoms with Gasteiger partial charge in [0.15, 0.2) is 17.5 Å². The molecule has 0 unspecified atom stereocenters. The number of carboxylic acid groups (broad SMARTS) is 1. The third-order valence-electron chi connectivity index (χ3n) is 4.02. The number of aliphatic carboxylic acids is 1. The van der Waals surface area contributed by atoms with Crippen LogP contribution in [0.5, 0.6) is 11.5 Å². The van der Waals surface area contributed by atoms with Gasteiger partial charge >= 0.3 is 5.97 Å². The molecule has 2 N–H and O–H groups in total. The number of ether oxygens (including phenoxy) is 2. The molecule has 0 amide bonds. The third kappa shape index (κ3) is 3.69. The SMILES string of the molecule is CCOc1ccc([C@@H](Nc2ccc3cnccc3c2)C(=O)O)cc1OC. The fraction of sp³-hybridized carbons (Fsp3) is 0.200. The van der Waals surface area contributed by atoms with E-state index in [1.165, 1.54) is 7.11 Å². The minimum atomic E-state index is -0.981. The highest BCUT2D eigenvalue weighted by Crippen LogP contribution is 2.32. The van der Waals surface area contributed by atoms with Crippen molar-refractivity contribution in [2.75, 3.05) is 19.0 Å². The van der Waals surface area contributed by atoms with Gasteiger partial charge in [0, 0.05) is 23.5 Å². The zero-order valence-electron chi connectivity index (χ0n) is 14.6. The number of rotatable bonds is 7. The Hall–Kier alpha value is -3.28. The van der Waals surface area contributed by atoms with Gasteiger partial charge in [-0.2, -0.15) is 0 Å². The summed E-state index contributed by atoms with van der Waals surface area (Å²) in [6.45, 7) is 2.38. The van der Waals surface area contributed by atoms with Crippen LogP contribution in [0, 0.1) is 0 Å². The summed E-state index contributed by atoms with van der Waals surface area (Å²) in [7, 11) is 1.53. The lowest BCUT2D eigenvalue weighted by Gasteiger charge is -2.18. The van der Waals surface area contributed by atoms with Crippen molar-refractivity contribution in [1.82, 2.24) is 4.98 Å². The number of anilines is 1. The molecule has 0 aliphatic rings. The molecule has 0 bridgehead atoms. The van der Waals surface area contributed by atoms with Gasteiger partial charge in [-0.15, -0.1) is 0 Å². The number of carbonyl (C=O) groups is 1. The smallest absolute Gasteiger partial charge is 0.330 e. The van der Waals surface area contributed by atoms with Gasteiger partial charge in [0.05, 0.1) is 13.7 Å². The van der Waals surface area contributed by atoms with Crippen LogP contribution in [0.25, 0.3) is 10.8 Å². The molecule has 6 nitrogen and oxygen atoms in total. The Kier molecular flexibility index (Phi) is 5.22. The van der Waals surface area contributed by atoms with Gasteiger partial charge in [-0.25, -0.2) is 4.79 Å². The van der Waals surface area contributed by atoms with E-state index in [0.717, 1.165) is 10.8 Å². The van der Waals surface area contributed by atoms with E-state index < -0.39 is 12.0 Å². The quantitative estimate of drug-likeness (QED) is 0.672. The molecule has 26 heavy (non-hydrogen) atoms. The molecule has 0 spiro atoms. The van der Waals surface area contributed by atoms with Crippen LogP contribution in [0.2, 0.25) is 0 Å². The molecular weight excluding hydrogens is 332 g/mol. The number of fused-ring (bicyclic) bond motifs is 1. The van der Waals surface area contributed by atoms with Gasteiger partial charge in [0.2, 0.25) is 0 Å². The van der Waals surface area contributed by atoms with Crippen LogP contribution in [0.4, 0.5) is 5.69 Å². The van der Waals surface area contributed by atoms with Crippen molar-refractivity contribution in [1.29, 1.82) is 0 Å². The molecule has 6 heteroatoms. The first kappa shape index (κ1) is 17.5. The van der Waals surface area contributed by atoms with Crippen molar-refractivity contribution in [2.45, 2.75) is 13.0 Å². The summed E-state index contributed by atoms with van der Waals surface area (Å²) in [6.07, 6.45) is 3.48. The second kappa shape index (κ2) is 7.74. The Balaban J connectivity index is 1.92. The molecule has 1 heterocycles. The molecule has 0 fully saturated rings. The first-order chi connectivity index (χ1) is 12.6. The number of hydrogen-bond donors (Lipinski definition) is 2. The predicted molar refractivity (Wildman–Crippen MR) is 99.9 cm³/mol. The predicted octanol–water partition coefficient (Wildman–Crippen LogP) is 3.88. The lowest BCUT2D eigenvalue weighted by molar-refractivity contribution is -0.138. The van der Waals surface area contributed by atoms with Crippen molar-refractivity contribution >= 4 is 22.4 Å². The zero-order chi connectivity index (χ0) is 18.5. The van der Waals surface area contributed by atoms with Crippen molar-refractivity contribution in [3.63, 3.8) is 0 Å². The van der Waals surface area contributed by atoms with Crippen LogP contribution in [-0.2, 0) is 4.79 Å². The summed E-state index contributed by atoms with van der Waals surface area (Å²) < 4.78 is 10.8. The molecule has 3 aromatic rings. The third-order valence-corrected chi connectivity index (χ3v) is 4.02. The highest BCUT2D eigenvalue weighted by atomic mass is 16.5. The monoisotopic (exact) mass is 352 g/mol. The van der Waals surface area contributed by atoms with Crippen LogP contribution in [0.15, 0.2) is 54.9 Å². The average Bonchev–Trinajstić information content (AvgIpc) is 2.66. The van der Waals surface area contributed by atoms with Crippen molar-refractivity contribution < 1.29 is 19.4 Å². The zero-order valence-corrected chi connectivity index (χ0v) is 14.6. The average molecular weight is 352 g/mol. The van der Waals surface area contributed by atoms with Gasteiger partial charge in [0.1, 0.15) is 0 Å². The van der Waals surface area contributed by atoms with E-state index in [1.807, 2.05) is 31.2 Å². The molecule has 0 aliphatic carbocycles. The summed E-state index contributed by atoms with van der Waals surface area (Å²) in [5.74, 6) is 0.106. The van der Waals surface area contributed by atoms with Gasteiger partial charge in [-0.1, -0.05) is 12.1 Å². The Morgan fingerprint density at radius 2 is 2.00 bits per heavy atom. The number of benzene rings is 2. The fourth-order valence-electron chi connectivity index (χ4n) is 2.77. The lowest BCUT2D eigenvalue weighted by atomic mass is 10.0. The Morgan fingerprint density at radius 1 is 1.15 bits per heavy atom. The van der Waals surface area contributed by atoms with Crippen LogP contribution in [-0.4, -0.2) is 29.8 Å². The maximum absolute atomic E-state index is 11.8. The Morgan fingerprint density at radius 3 is 2.73 bits per heavy atom. The van der Waals surface area contributed by atoms with E-state index >= 15 is 0 Å². The Labute approximate surface area is 151 Å². The molecule has 0 aliphatic heterocycles. The normalized spacial score (nSPS) is 11.8. The van der Waals surface area contributed by atoms with Crippen LogP contribution >= 0.6 is 0 Å². The number of pyridine rings is 1. The maximum Gasteiger partial charge on any atom is 0.330 e. The van der Waals surface area contributed by atoms with E-state index in [-0.39, 0.29) is 0 Å². The van der Waals surface area contributed by atoms with E-state index in [4.69, 9.17) is 9.47 Å². The molecule has 3 rings (SSSR count). The number of nitrogens with zero attached hydrogens (tertiary/aromatic N) is 1. The van der Waals surface area contributed by atoms with E-state index in [2.05, 4.69) is 10.3 Å². The van der Waals surface area contributed by atoms with E-state index in [0.29, 0.717) is 29.4 Å². The van der Waals surface area contributed by atoms with Gasteiger partial charge in [-0.05, 0) is 48.2 Å². The molecule has 1 aromatic heterocycles. The first-order valence-electron chi connectivity index (χ1n) is 8.26. The minimum Gasteiger partial charge on any atom is -0.493 e. The molecule has 0 saturated carbocycles. The topological polar surface area (TPSA) is 80.7 Å². The molecule has 2 aromatic carbocycles. The fourth-order valence-corrected chi connectivity index (χ4v) is 2.77.